The summed E-state index contributed by atoms with van der Waals surface area (Å²) in [4.78, 5) is 38.2. The highest BCUT2D eigenvalue weighted by atomic mass is 79.9. The van der Waals surface area contributed by atoms with Gasteiger partial charge in [-0.05, 0) is 59.0 Å². The summed E-state index contributed by atoms with van der Waals surface area (Å²) >= 11 is 6.50. The number of hydrogen-bond donors (Lipinski definition) is 1. The number of ketones is 1. The Morgan fingerprint density at radius 2 is 1.69 bits per heavy atom. The smallest absolute Gasteiger partial charge is 0.320 e. The lowest BCUT2D eigenvalue weighted by atomic mass is 9.44. The summed E-state index contributed by atoms with van der Waals surface area (Å²) in [6.07, 6.45) is 2.40. The molecule has 2 fully saturated rings. The van der Waals surface area contributed by atoms with Crippen molar-refractivity contribution in [1.29, 1.82) is 0 Å². The molecule has 1 aliphatic heterocycles. The normalized spacial score (nSPS) is 42.0. The second kappa shape index (κ2) is 9.07. The maximum absolute atomic E-state index is 14.0. The SMILES string of the molecule is C=C[C@@]1(C)CC(=O)[C@@]2(O)[C@](C)(O1)[C@@H](OC(=O)C(C)Br)C=C1C(C)(C)CC[C@H](OC(=O)C(C)Br)[C@@]12C. The van der Waals surface area contributed by atoms with Gasteiger partial charge in [0.25, 0.3) is 0 Å². The number of halogens is 2. The fourth-order valence-electron chi connectivity index (χ4n) is 6.21. The lowest BCUT2D eigenvalue weighted by Crippen LogP contribution is -2.81. The molecule has 7 nitrogen and oxygen atoms in total. The molecule has 0 spiro atoms. The minimum atomic E-state index is -2.16. The van der Waals surface area contributed by atoms with E-state index in [1.54, 1.807) is 40.7 Å². The van der Waals surface area contributed by atoms with Gasteiger partial charge < -0.3 is 19.3 Å². The van der Waals surface area contributed by atoms with Crippen LogP contribution in [0.3, 0.4) is 0 Å². The molecule has 3 aliphatic rings. The van der Waals surface area contributed by atoms with E-state index in [1.807, 2.05) is 13.8 Å². The zero-order valence-electron chi connectivity index (χ0n) is 21.4. The highest BCUT2D eigenvalue weighted by Crippen LogP contribution is 2.65. The van der Waals surface area contributed by atoms with Crippen LogP contribution in [0.4, 0.5) is 0 Å². The number of ether oxygens (including phenoxy) is 3. The molecule has 0 amide bonds. The Kier molecular flexibility index (Phi) is 7.39. The molecule has 0 aromatic rings. The molecule has 1 saturated carbocycles. The van der Waals surface area contributed by atoms with Crippen molar-refractivity contribution in [3.8, 4) is 0 Å². The Balaban J connectivity index is 2.32. The monoisotopic (exact) mass is 618 g/mol. The van der Waals surface area contributed by atoms with Crippen molar-refractivity contribution in [2.45, 2.75) is 106 Å². The van der Waals surface area contributed by atoms with Crippen molar-refractivity contribution in [2.75, 3.05) is 0 Å². The molecule has 1 heterocycles. The van der Waals surface area contributed by atoms with Crippen LogP contribution in [0.5, 0.6) is 0 Å². The number of esters is 2. The number of hydrogen-bond acceptors (Lipinski definition) is 7. The van der Waals surface area contributed by atoms with Crippen LogP contribution < -0.4 is 0 Å². The molecule has 2 unspecified atom stereocenters. The summed E-state index contributed by atoms with van der Waals surface area (Å²) in [5, 5.41) is 12.6. The van der Waals surface area contributed by atoms with E-state index < -0.39 is 67.2 Å². The number of carbonyl (C=O) groups is 3. The summed E-state index contributed by atoms with van der Waals surface area (Å²) in [6, 6.07) is 0. The Hall–Kier alpha value is -1.03. The van der Waals surface area contributed by atoms with Gasteiger partial charge in [0.1, 0.15) is 21.4 Å². The number of rotatable bonds is 5. The zero-order chi connectivity index (χ0) is 26.8. The Labute approximate surface area is 224 Å². The molecule has 0 aromatic carbocycles. The third-order valence-corrected chi connectivity index (χ3v) is 8.99. The average molecular weight is 620 g/mol. The van der Waals surface area contributed by atoms with Crippen LogP contribution in [-0.4, -0.2) is 61.5 Å². The molecular weight excluding hydrogens is 584 g/mol. The standard InChI is InChI=1S/C26H36Br2O7/c1-9-23(6)13-17(29)26(32)24(7)16(12-19(25(26,8)35-23)34-21(31)15(3)28)22(4,5)11-10-18(24)33-20(30)14(2)27/h9,12,14-15,18-19,32H,1,10-11,13H2,2-8H3/t14?,15?,18-,19-,23-,24+,25+,26-/m0/s1. The molecule has 1 saturated heterocycles. The van der Waals surface area contributed by atoms with Gasteiger partial charge >= 0.3 is 11.9 Å². The van der Waals surface area contributed by atoms with Crippen LogP contribution in [0.25, 0.3) is 0 Å². The van der Waals surface area contributed by atoms with Gasteiger partial charge in [-0.15, -0.1) is 6.58 Å². The van der Waals surface area contributed by atoms with Crippen molar-refractivity contribution < 1.29 is 33.7 Å². The minimum Gasteiger partial charge on any atom is -0.460 e. The number of Topliss-reactive ketones (excluding diaryl/α,β-unsaturated/α-hetero) is 1. The number of alkyl halides is 2. The fraction of sp³-hybridized carbons (Fsp3) is 0.731. The van der Waals surface area contributed by atoms with E-state index in [4.69, 9.17) is 14.2 Å². The molecule has 0 bridgehead atoms. The van der Waals surface area contributed by atoms with Gasteiger partial charge in [0.2, 0.25) is 0 Å². The Morgan fingerprint density at radius 1 is 1.14 bits per heavy atom. The van der Waals surface area contributed by atoms with Gasteiger partial charge in [-0.3, -0.25) is 14.4 Å². The summed E-state index contributed by atoms with van der Waals surface area (Å²) in [5.41, 5.74) is -6.03. The topological polar surface area (TPSA) is 99.1 Å². The molecule has 1 N–H and O–H groups in total. The number of carbonyl (C=O) groups excluding carboxylic acids is 3. The third kappa shape index (κ3) is 4.18. The zero-order valence-corrected chi connectivity index (χ0v) is 24.6. The first kappa shape index (κ1) is 28.5. The average Bonchev–Trinajstić information content (AvgIpc) is 2.74. The Bertz CT molecular complexity index is 973. The first-order chi connectivity index (χ1) is 15.9. The largest absolute Gasteiger partial charge is 0.460 e. The summed E-state index contributed by atoms with van der Waals surface area (Å²) in [7, 11) is 0. The first-order valence-corrected chi connectivity index (χ1v) is 13.7. The second-order valence-corrected chi connectivity index (χ2v) is 14.0. The third-order valence-electron chi connectivity index (χ3n) is 8.24. The lowest BCUT2D eigenvalue weighted by molar-refractivity contribution is -0.306. The highest BCUT2D eigenvalue weighted by Gasteiger charge is 2.77. The predicted molar refractivity (Wildman–Crippen MR) is 138 cm³/mol. The summed E-state index contributed by atoms with van der Waals surface area (Å²) in [5.74, 6) is -1.51. The van der Waals surface area contributed by atoms with Crippen molar-refractivity contribution in [3.05, 3.63) is 24.3 Å². The van der Waals surface area contributed by atoms with Crippen LogP contribution in [0.1, 0.15) is 67.7 Å². The molecule has 35 heavy (non-hydrogen) atoms. The predicted octanol–water partition coefficient (Wildman–Crippen LogP) is 4.57. The van der Waals surface area contributed by atoms with Gasteiger partial charge in [-0.1, -0.05) is 57.4 Å². The van der Waals surface area contributed by atoms with Gasteiger partial charge in [0, 0.05) is 6.42 Å². The van der Waals surface area contributed by atoms with Crippen LogP contribution in [0.15, 0.2) is 24.3 Å². The van der Waals surface area contributed by atoms with E-state index in [1.165, 1.54) is 6.08 Å². The van der Waals surface area contributed by atoms with Gasteiger partial charge in [0.15, 0.2) is 17.5 Å². The quantitative estimate of drug-likeness (QED) is 0.273. The van der Waals surface area contributed by atoms with E-state index in [9.17, 15) is 19.5 Å². The second-order valence-electron chi connectivity index (χ2n) is 11.3. The van der Waals surface area contributed by atoms with Crippen LogP contribution in [-0.2, 0) is 28.6 Å². The van der Waals surface area contributed by atoms with Crippen molar-refractivity contribution in [3.63, 3.8) is 0 Å². The molecule has 0 radical (unpaired) electrons. The molecule has 0 aromatic heterocycles. The van der Waals surface area contributed by atoms with Crippen molar-refractivity contribution >= 4 is 49.6 Å². The summed E-state index contributed by atoms with van der Waals surface area (Å²) in [6.45, 7) is 16.2. The van der Waals surface area contributed by atoms with Gasteiger partial charge in [-0.25, -0.2) is 0 Å². The molecule has 9 heteroatoms. The van der Waals surface area contributed by atoms with Crippen LogP contribution in [0, 0.1) is 10.8 Å². The van der Waals surface area contributed by atoms with E-state index in [2.05, 4.69) is 38.4 Å². The number of fused-ring (bicyclic) bond motifs is 3. The summed E-state index contributed by atoms with van der Waals surface area (Å²) < 4.78 is 18.3. The van der Waals surface area contributed by atoms with E-state index >= 15 is 0 Å². The van der Waals surface area contributed by atoms with E-state index in [0.29, 0.717) is 18.4 Å². The van der Waals surface area contributed by atoms with Crippen LogP contribution in [0.2, 0.25) is 0 Å². The van der Waals surface area contributed by atoms with Gasteiger partial charge in [0.05, 0.1) is 11.0 Å². The highest BCUT2D eigenvalue weighted by molar-refractivity contribution is 9.10. The maximum Gasteiger partial charge on any atom is 0.320 e. The van der Waals surface area contributed by atoms with Crippen LogP contribution >= 0.6 is 31.9 Å². The fourth-order valence-corrected chi connectivity index (χ4v) is 6.42. The molecule has 196 valence electrons. The maximum atomic E-state index is 14.0. The molecular formula is C26H36Br2O7. The lowest BCUT2D eigenvalue weighted by Gasteiger charge is -2.67. The van der Waals surface area contributed by atoms with E-state index in [-0.39, 0.29) is 6.42 Å². The van der Waals surface area contributed by atoms with Crippen molar-refractivity contribution in [2.24, 2.45) is 10.8 Å². The molecule has 3 rings (SSSR count). The number of aliphatic hydroxyl groups is 1. The molecule has 2 aliphatic carbocycles. The first-order valence-electron chi connectivity index (χ1n) is 11.9. The van der Waals surface area contributed by atoms with E-state index in [0.717, 1.165) is 0 Å². The van der Waals surface area contributed by atoms with Crippen molar-refractivity contribution in [1.82, 2.24) is 0 Å². The van der Waals surface area contributed by atoms with Gasteiger partial charge in [-0.2, -0.15) is 0 Å². The Morgan fingerprint density at radius 3 is 2.20 bits per heavy atom. The molecule has 8 atom stereocenters. The minimum absolute atomic E-state index is 0.128.